The van der Waals surface area contributed by atoms with Crippen molar-refractivity contribution in [3.8, 4) is 11.5 Å². The van der Waals surface area contributed by atoms with Gasteiger partial charge in [-0.25, -0.2) is 10.4 Å². The van der Waals surface area contributed by atoms with Crippen LogP contribution in [0.25, 0.3) is 11.0 Å². The molecule has 0 saturated carbocycles. The molecule has 0 atom stereocenters. The fourth-order valence-electron chi connectivity index (χ4n) is 2.68. The number of benzene rings is 2. The second-order valence-electron chi connectivity index (χ2n) is 5.38. The summed E-state index contributed by atoms with van der Waals surface area (Å²) in [6.45, 7) is 5.44. The van der Waals surface area contributed by atoms with Gasteiger partial charge < -0.3 is 14.0 Å². The van der Waals surface area contributed by atoms with Crippen LogP contribution in [0.4, 0.5) is 5.95 Å². The predicted molar refractivity (Wildman–Crippen MR) is 101 cm³/mol. The van der Waals surface area contributed by atoms with Gasteiger partial charge in [-0.3, -0.25) is 0 Å². The number of hydrogen-bond donors (Lipinski definition) is 1. The van der Waals surface area contributed by atoms with Gasteiger partial charge in [0, 0.05) is 6.54 Å². The van der Waals surface area contributed by atoms with Crippen molar-refractivity contribution in [1.29, 1.82) is 0 Å². The van der Waals surface area contributed by atoms with Gasteiger partial charge in [0.15, 0.2) is 11.5 Å². The molecule has 0 amide bonds. The number of fused-ring (bicyclic) bond motifs is 1. The molecule has 1 N–H and O–H groups in total. The standard InChI is InChI=1S/C19H22N4O2/c1-4-23-16-9-7-6-8-15(16)21-19(23)22-20-13-14-10-11-17(25-5-2)18(12-14)24-3/h6-13H,4-5H2,1-3H3,(H,21,22)/b20-13-. The molecule has 6 heteroatoms. The third-order valence-corrected chi connectivity index (χ3v) is 3.84. The summed E-state index contributed by atoms with van der Waals surface area (Å²) < 4.78 is 13.0. The summed E-state index contributed by atoms with van der Waals surface area (Å²) >= 11 is 0. The lowest BCUT2D eigenvalue weighted by Crippen LogP contribution is -2.02. The number of ether oxygens (including phenoxy) is 2. The van der Waals surface area contributed by atoms with E-state index in [1.807, 2.05) is 43.3 Å². The molecule has 0 aliphatic rings. The normalized spacial score (nSPS) is 11.2. The molecule has 3 aromatic rings. The second kappa shape index (κ2) is 7.70. The molecule has 6 nitrogen and oxygen atoms in total. The number of aryl methyl sites for hydroxylation is 1. The molecule has 25 heavy (non-hydrogen) atoms. The van der Waals surface area contributed by atoms with Crippen molar-refractivity contribution < 1.29 is 9.47 Å². The minimum Gasteiger partial charge on any atom is -0.493 e. The monoisotopic (exact) mass is 338 g/mol. The molecule has 0 unspecified atom stereocenters. The Balaban J connectivity index is 1.79. The largest absolute Gasteiger partial charge is 0.493 e. The zero-order valence-corrected chi connectivity index (χ0v) is 14.7. The average molecular weight is 338 g/mol. The first-order valence-corrected chi connectivity index (χ1v) is 8.32. The summed E-state index contributed by atoms with van der Waals surface area (Å²) in [5.41, 5.74) is 5.98. The fraction of sp³-hybridized carbons (Fsp3) is 0.263. The van der Waals surface area contributed by atoms with E-state index in [0.29, 0.717) is 12.4 Å². The molecule has 3 rings (SSSR count). The van der Waals surface area contributed by atoms with Gasteiger partial charge >= 0.3 is 0 Å². The highest BCUT2D eigenvalue weighted by atomic mass is 16.5. The zero-order chi connectivity index (χ0) is 17.6. The van der Waals surface area contributed by atoms with Crippen molar-refractivity contribution in [3.63, 3.8) is 0 Å². The van der Waals surface area contributed by atoms with Gasteiger partial charge in [0.2, 0.25) is 5.95 Å². The third-order valence-electron chi connectivity index (χ3n) is 3.84. The van der Waals surface area contributed by atoms with Crippen molar-refractivity contribution in [3.05, 3.63) is 48.0 Å². The second-order valence-corrected chi connectivity index (χ2v) is 5.38. The summed E-state index contributed by atoms with van der Waals surface area (Å²) in [5.74, 6) is 2.13. The Bertz CT molecular complexity index is 886. The number of nitrogens with one attached hydrogen (secondary N) is 1. The molecule has 0 fully saturated rings. The first kappa shape index (κ1) is 16.8. The lowest BCUT2D eigenvalue weighted by molar-refractivity contribution is 0.311. The summed E-state index contributed by atoms with van der Waals surface area (Å²) in [5, 5.41) is 4.31. The van der Waals surface area contributed by atoms with Crippen molar-refractivity contribution >= 4 is 23.2 Å². The van der Waals surface area contributed by atoms with Crippen LogP contribution in [0.2, 0.25) is 0 Å². The van der Waals surface area contributed by atoms with E-state index in [0.717, 1.165) is 34.8 Å². The molecule has 0 bridgehead atoms. The van der Waals surface area contributed by atoms with Gasteiger partial charge in [0.05, 0.1) is 31.0 Å². The number of methoxy groups -OCH3 is 1. The summed E-state index contributed by atoms with van der Waals surface area (Å²) in [6.07, 6.45) is 1.73. The molecule has 0 saturated heterocycles. The van der Waals surface area contributed by atoms with Gasteiger partial charge in [0.25, 0.3) is 0 Å². The lowest BCUT2D eigenvalue weighted by Gasteiger charge is -2.09. The summed E-state index contributed by atoms with van der Waals surface area (Å²) in [6, 6.07) is 13.7. The number of nitrogens with zero attached hydrogens (tertiary/aromatic N) is 3. The van der Waals surface area contributed by atoms with Crippen LogP contribution in [-0.4, -0.2) is 29.5 Å². The van der Waals surface area contributed by atoms with E-state index < -0.39 is 0 Å². The highest BCUT2D eigenvalue weighted by Gasteiger charge is 2.08. The first-order chi connectivity index (χ1) is 12.3. The van der Waals surface area contributed by atoms with Crippen molar-refractivity contribution in [2.24, 2.45) is 5.10 Å². The minimum atomic E-state index is 0.596. The van der Waals surface area contributed by atoms with Crippen molar-refractivity contribution in [1.82, 2.24) is 9.55 Å². The molecule has 1 heterocycles. The number of imidazole rings is 1. The molecule has 2 aromatic carbocycles. The predicted octanol–water partition coefficient (Wildman–Crippen LogP) is 3.91. The molecule has 0 aliphatic heterocycles. The topological polar surface area (TPSA) is 60.7 Å². The quantitative estimate of drug-likeness (QED) is 0.524. The van der Waals surface area contributed by atoms with E-state index in [2.05, 4.69) is 33.1 Å². The first-order valence-electron chi connectivity index (χ1n) is 8.32. The number of para-hydroxylation sites is 2. The van der Waals surface area contributed by atoms with Crippen LogP contribution in [0.1, 0.15) is 19.4 Å². The number of rotatable bonds is 7. The summed E-state index contributed by atoms with van der Waals surface area (Å²) in [7, 11) is 1.63. The van der Waals surface area contributed by atoms with E-state index in [4.69, 9.17) is 9.47 Å². The van der Waals surface area contributed by atoms with E-state index in [-0.39, 0.29) is 0 Å². The Kier molecular flexibility index (Phi) is 5.18. The SMILES string of the molecule is CCOc1ccc(/C=N\Nc2nc3ccccc3n2CC)cc1OC. The van der Waals surface area contributed by atoms with Crippen LogP contribution in [0.3, 0.4) is 0 Å². The average Bonchev–Trinajstić information content (AvgIpc) is 3.00. The van der Waals surface area contributed by atoms with Gasteiger partial charge in [-0.05, 0) is 49.7 Å². The van der Waals surface area contributed by atoms with E-state index in [1.165, 1.54) is 0 Å². The molecule has 0 aliphatic carbocycles. The highest BCUT2D eigenvalue weighted by molar-refractivity contribution is 5.82. The number of aromatic nitrogens is 2. The Morgan fingerprint density at radius 1 is 1.16 bits per heavy atom. The highest BCUT2D eigenvalue weighted by Crippen LogP contribution is 2.27. The molecule has 0 radical (unpaired) electrons. The molecule has 130 valence electrons. The van der Waals surface area contributed by atoms with Crippen LogP contribution >= 0.6 is 0 Å². The third kappa shape index (κ3) is 3.57. The maximum atomic E-state index is 5.52. The smallest absolute Gasteiger partial charge is 0.224 e. The van der Waals surface area contributed by atoms with Crippen LogP contribution in [0.15, 0.2) is 47.6 Å². The Labute approximate surface area is 147 Å². The van der Waals surface area contributed by atoms with Crippen LogP contribution in [0, 0.1) is 0 Å². The fourth-order valence-corrected chi connectivity index (χ4v) is 2.68. The van der Waals surface area contributed by atoms with Gasteiger partial charge in [0.1, 0.15) is 0 Å². The molecular weight excluding hydrogens is 316 g/mol. The maximum absolute atomic E-state index is 5.52. The molecular formula is C19H22N4O2. The van der Waals surface area contributed by atoms with E-state index in [9.17, 15) is 0 Å². The van der Waals surface area contributed by atoms with Gasteiger partial charge in [-0.1, -0.05) is 12.1 Å². The number of hydrogen-bond acceptors (Lipinski definition) is 5. The van der Waals surface area contributed by atoms with E-state index in [1.54, 1.807) is 13.3 Å². The molecule has 0 spiro atoms. The van der Waals surface area contributed by atoms with E-state index >= 15 is 0 Å². The van der Waals surface area contributed by atoms with Crippen LogP contribution in [0.5, 0.6) is 11.5 Å². The van der Waals surface area contributed by atoms with Gasteiger partial charge in [-0.2, -0.15) is 5.10 Å². The number of hydrazone groups is 1. The summed E-state index contributed by atoms with van der Waals surface area (Å²) in [4.78, 5) is 4.58. The van der Waals surface area contributed by atoms with Crippen molar-refractivity contribution in [2.45, 2.75) is 20.4 Å². The van der Waals surface area contributed by atoms with Crippen molar-refractivity contribution in [2.75, 3.05) is 19.1 Å². The lowest BCUT2D eigenvalue weighted by atomic mass is 10.2. The van der Waals surface area contributed by atoms with Crippen LogP contribution < -0.4 is 14.9 Å². The molecule has 1 aromatic heterocycles. The maximum Gasteiger partial charge on any atom is 0.224 e. The Morgan fingerprint density at radius 3 is 2.76 bits per heavy atom. The Morgan fingerprint density at radius 2 is 2.00 bits per heavy atom. The zero-order valence-electron chi connectivity index (χ0n) is 14.7. The minimum absolute atomic E-state index is 0.596. The number of anilines is 1. The van der Waals surface area contributed by atoms with Crippen LogP contribution in [-0.2, 0) is 6.54 Å². The van der Waals surface area contributed by atoms with Gasteiger partial charge in [-0.15, -0.1) is 0 Å². The Hall–Kier alpha value is -3.02.